The SMILES string of the molecule is CC(C)N(C(C)C)C(C#N)CP(O)(O)(O)N(C(C)C)C(C)C. The number of nitrogens with zero attached hydrogens (tertiary/aromatic N) is 3. The average molecular weight is 335 g/mol. The molecular weight excluding hydrogens is 301 g/mol. The topological polar surface area (TPSA) is 91.0 Å². The van der Waals surface area contributed by atoms with Gasteiger partial charge in [-0.25, -0.2) is 0 Å². The van der Waals surface area contributed by atoms with Crippen molar-refractivity contribution >= 4 is 7.43 Å². The maximum absolute atomic E-state index is 10.7. The van der Waals surface area contributed by atoms with Crippen molar-refractivity contribution in [3.05, 3.63) is 0 Å². The van der Waals surface area contributed by atoms with Crippen LogP contribution in [0.2, 0.25) is 0 Å². The van der Waals surface area contributed by atoms with Crippen LogP contribution in [0, 0.1) is 11.3 Å². The molecule has 7 heteroatoms. The van der Waals surface area contributed by atoms with Gasteiger partial charge in [0.15, 0.2) is 0 Å². The summed E-state index contributed by atoms with van der Waals surface area (Å²) in [4.78, 5) is 33.9. The van der Waals surface area contributed by atoms with Gasteiger partial charge in [0.25, 0.3) is 0 Å². The molecule has 0 aliphatic heterocycles. The number of nitriles is 1. The van der Waals surface area contributed by atoms with Crippen LogP contribution in [0.5, 0.6) is 0 Å². The standard InChI is InChI=1S/C15H34N3O3P/c1-11(2)17(12(3)4)15(9-16)10-22(19,20,21)18(13(5)6)14(7)8/h11-15,19-21H,10H2,1-8H3. The van der Waals surface area contributed by atoms with Crippen LogP contribution in [-0.2, 0) is 0 Å². The van der Waals surface area contributed by atoms with Gasteiger partial charge in [-0.15, -0.1) is 0 Å². The van der Waals surface area contributed by atoms with Crippen LogP contribution in [0.4, 0.5) is 0 Å². The summed E-state index contributed by atoms with van der Waals surface area (Å²) in [6.45, 7) is 15.0. The van der Waals surface area contributed by atoms with Gasteiger partial charge in [0, 0.05) is 0 Å². The Bertz CT molecular complexity index is 381. The van der Waals surface area contributed by atoms with Gasteiger partial charge in [0.2, 0.25) is 0 Å². The zero-order valence-corrected chi connectivity index (χ0v) is 16.1. The van der Waals surface area contributed by atoms with Gasteiger partial charge >= 0.3 is 135 Å². The summed E-state index contributed by atoms with van der Waals surface area (Å²) in [5.74, 6) is 0. The molecule has 0 aliphatic rings. The third-order valence-electron chi connectivity index (χ3n) is 3.73. The minimum absolute atomic E-state index is 0.0585. The molecule has 0 fully saturated rings. The van der Waals surface area contributed by atoms with Crippen LogP contribution in [0.3, 0.4) is 0 Å². The molecule has 0 saturated carbocycles. The van der Waals surface area contributed by atoms with Crippen molar-refractivity contribution in [3.8, 4) is 6.07 Å². The summed E-state index contributed by atoms with van der Waals surface area (Å²) in [6, 6.07) is 0.988. The first-order valence-electron chi connectivity index (χ1n) is 7.95. The Balaban J connectivity index is 5.65. The van der Waals surface area contributed by atoms with E-state index in [-0.39, 0.29) is 30.3 Å². The van der Waals surface area contributed by atoms with Crippen molar-refractivity contribution in [1.29, 1.82) is 5.26 Å². The van der Waals surface area contributed by atoms with Gasteiger partial charge in [-0.2, -0.15) is 0 Å². The molecule has 0 aliphatic carbocycles. The van der Waals surface area contributed by atoms with Crippen LogP contribution in [0.15, 0.2) is 0 Å². The van der Waals surface area contributed by atoms with Crippen LogP contribution in [-0.4, -0.2) is 60.6 Å². The minimum atomic E-state index is -5.11. The summed E-state index contributed by atoms with van der Waals surface area (Å²) in [5.41, 5.74) is 0. The molecule has 0 amide bonds. The van der Waals surface area contributed by atoms with Crippen molar-refractivity contribution in [2.45, 2.75) is 85.6 Å². The fourth-order valence-electron chi connectivity index (χ4n) is 3.46. The molecule has 132 valence electrons. The van der Waals surface area contributed by atoms with Crippen molar-refractivity contribution in [2.75, 3.05) is 6.16 Å². The van der Waals surface area contributed by atoms with E-state index in [4.69, 9.17) is 0 Å². The summed E-state index contributed by atoms with van der Waals surface area (Å²) in [7, 11) is -5.11. The summed E-state index contributed by atoms with van der Waals surface area (Å²) < 4.78 is 1.34. The molecule has 0 aromatic heterocycles. The number of rotatable bonds is 8. The molecule has 22 heavy (non-hydrogen) atoms. The molecular formula is C15H34N3O3P. The second-order valence-electron chi connectivity index (χ2n) is 7.13. The van der Waals surface area contributed by atoms with Crippen LogP contribution in [0.1, 0.15) is 55.4 Å². The summed E-state index contributed by atoms with van der Waals surface area (Å²) in [6.07, 6.45) is -0.366. The molecule has 1 atom stereocenters. The predicted molar refractivity (Wildman–Crippen MR) is 92.1 cm³/mol. The second-order valence-corrected chi connectivity index (χ2v) is 10.2. The third kappa shape index (κ3) is 5.42. The van der Waals surface area contributed by atoms with Crippen molar-refractivity contribution in [1.82, 2.24) is 9.57 Å². The molecule has 0 heterocycles. The van der Waals surface area contributed by atoms with E-state index in [2.05, 4.69) is 6.07 Å². The maximum atomic E-state index is 10.7. The monoisotopic (exact) mass is 335 g/mol. The van der Waals surface area contributed by atoms with Gasteiger partial charge in [-0.05, 0) is 0 Å². The van der Waals surface area contributed by atoms with E-state index in [1.54, 1.807) is 27.7 Å². The molecule has 0 bridgehead atoms. The molecule has 0 spiro atoms. The van der Waals surface area contributed by atoms with Crippen LogP contribution in [0.25, 0.3) is 0 Å². The van der Waals surface area contributed by atoms with Gasteiger partial charge in [-0.1, -0.05) is 0 Å². The third-order valence-corrected chi connectivity index (χ3v) is 6.60. The summed E-state index contributed by atoms with van der Waals surface area (Å²) >= 11 is 0. The first-order valence-corrected chi connectivity index (χ1v) is 10.2. The molecule has 0 radical (unpaired) electrons. The van der Waals surface area contributed by atoms with Crippen LogP contribution < -0.4 is 0 Å². The molecule has 0 rings (SSSR count). The zero-order valence-electron chi connectivity index (χ0n) is 15.2. The Morgan fingerprint density at radius 3 is 1.41 bits per heavy atom. The Morgan fingerprint density at radius 1 is 0.818 bits per heavy atom. The van der Waals surface area contributed by atoms with Crippen molar-refractivity contribution in [2.24, 2.45) is 0 Å². The van der Waals surface area contributed by atoms with Crippen LogP contribution >= 0.6 is 7.43 Å². The first kappa shape index (κ1) is 21.7. The number of hydrogen-bond donors (Lipinski definition) is 3. The number of hydrogen-bond acceptors (Lipinski definition) is 6. The quantitative estimate of drug-likeness (QED) is 0.590. The average Bonchev–Trinajstić information content (AvgIpc) is 2.23. The Morgan fingerprint density at radius 2 is 1.18 bits per heavy atom. The second kappa shape index (κ2) is 7.53. The predicted octanol–water partition coefficient (Wildman–Crippen LogP) is 2.31. The molecule has 1 unspecified atom stereocenters. The van der Waals surface area contributed by atoms with Gasteiger partial charge in [0.1, 0.15) is 0 Å². The molecule has 0 aromatic rings. The van der Waals surface area contributed by atoms with Crippen molar-refractivity contribution in [3.63, 3.8) is 0 Å². The van der Waals surface area contributed by atoms with Crippen molar-refractivity contribution < 1.29 is 14.7 Å². The Hall–Kier alpha value is -0.280. The van der Waals surface area contributed by atoms with Gasteiger partial charge < -0.3 is 0 Å². The molecule has 0 saturated heterocycles. The van der Waals surface area contributed by atoms with E-state index >= 15 is 0 Å². The summed E-state index contributed by atoms with van der Waals surface area (Å²) in [5, 5.41) is 9.51. The van der Waals surface area contributed by atoms with E-state index in [1.807, 2.05) is 32.6 Å². The molecule has 3 N–H and O–H groups in total. The fourth-order valence-corrected chi connectivity index (χ4v) is 6.43. The Kier molecular flexibility index (Phi) is 7.43. The normalized spacial score (nSPS) is 16.6. The van der Waals surface area contributed by atoms with Gasteiger partial charge in [0.05, 0.1) is 0 Å². The van der Waals surface area contributed by atoms with E-state index in [1.165, 1.54) is 4.67 Å². The first-order chi connectivity index (χ1) is 9.73. The van der Waals surface area contributed by atoms with E-state index in [0.29, 0.717) is 0 Å². The van der Waals surface area contributed by atoms with E-state index in [9.17, 15) is 19.9 Å². The van der Waals surface area contributed by atoms with E-state index < -0.39 is 13.5 Å². The molecule has 0 aromatic carbocycles. The van der Waals surface area contributed by atoms with E-state index in [0.717, 1.165) is 0 Å². The Labute approximate surface area is 135 Å². The zero-order chi connectivity index (χ0) is 17.9. The van der Waals surface area contributed by atoms with Gasteiger partial charge in [-0.3, -0.25) is 0 Å². The molecule has 6 nitrogen and oxygen atoms in total. The fraction of sp³-hybridized carbons (Fsp3) is 0.933.